The molecule has 0 radical (unpaired) electrons. The van der Waals surface area contributed by atoms with Gasteiger partial charge in [0.25, 0.3) is 5.91 Å². The molecule has 2 aromatic rings. The van der Waals surface area contributed by atoms with E-state index in [0.717, 1.165) is 28.8 Å². The Hall–Kier alpha value is -2.62. The van der Waals surface area contributed by atoms with E-state index in [1.807, 2.05) is 63.2 Å². The van der Waals surface area contributed by atoms with E-state index < -0.39 is 5.54 Å². The minimum Gasteiger partial charge on any atom is -0.354 e. The lowest BCUT2D eigenvalue weighted by Gasteiger charge is -2.40. The Morgan fingerprint density at radius 3 is 2.59 bits per heavy atom. The van der Waals surface area contributed by atoms with Crippen LogP contribution in [0.1, 0.15) is 60.7 Å². The number of benzene rings is 2. The third-order valence-corrected chi connectivity index (χ3v) is 6.14. The van der Waals surface area contributed by atoms with Crippen molar-refractivity contribution in [2.45, 2.75) is 59.4 Å². The van der Waals surface area contributed by atoms with E-state index in [1.165, 1.54) is 0 Å². The highest BCUT2D eigenvalue weighted by molar-refractivity contribution is 6.13. The molecule has 2 aromatic carbocycles. The SMILES string of the molecule is Cc1cccc(N2C(=O)c3ccccc3CC[C@@]2(C)C(=O)NCCC(C)C)c1C. The lowest BCUT2D eigenvalue weighted by molar-refractivity contribution is -0.126. The third-order valence-electron chi connectivity index (χ3n) is 6.14. The smallest absolute Gasteiger partial charge is 0.259 e. The molecule has 0 spiro atoms. The molecule has 4 heteroatoms. The summed E-state index contributed by atoms with van der Waals surface area (Å²) in [5.74, 6) is 0.326. The maximum absolute atomic E-state index is 13.7. The van der Waals surface area contributed by atoms with E-state index in [4.69, 9.17) is 0 Å². The second-order valence-corrected chi connectivity index (χ2v) is 8.73. The lowest BCUT2D eigenvalue weighted by atomic mass is 9.90. The van der Waals surface area contributed by atoms with Gasteiger partial charge in [0.2, 0.25) is 5.91 Å². The molecule has 1 N–H and O–H groups in total. The molecule has 0 aromatic heterocycles. The summed E-state index contributed by atoms with van der Waals surface area (Å²) in [5.41, 5.74) is 3.69. The second-order valence-electron chi connectivity index (χ2n) is 8.73. The zero-order valence-corrected chi connectivity index (χ0v) is 18.2. The Morgan fingerprint density at radius 1 is 1.14 bits per heavy atom. The Bertz CT molecular complexity index is 919. The van der Waals surface area contributed by atoms with E-state index in [9.17, 15) is 9.59 Å². The summed E-state index contributed by atoms with van der Waals surface area (Å²) < 4.78 is 0. The van der Waals surface area contributed by atoms with E-state index in [2.05, 4.69) is 19.2 Å². The Balaban J connectivity index is 2.09. The fourth-order valence-corrected chi connectivity index (χ4v) is 4.01. The number of nitrogens with zero attached hydrogens (tertiary/aromatic N) is 1. The van der Waals surface area contributed by atoms with Crippen molar-refractivity contribution in [3.63, 3.8) is 0 Å². The summed E-state index contributed by atoms with van der Waals surface area (Å²) in [7, 11) is 0. The van der Waals surface area contributed by atoms with Gasteiger partial charge < -0.3 is 5.32 Å². The van der Waals surface area contributed by atoms with Gasteiger partial charge in [-0.15, -0.1) is 0 Å². The highest BCUT2D eigenvalue weighted by Crippen LogP contribution is 2.37. The molecule has 2 amide bonds. The largest absolute Gasteiger partial charge is 0.354 e. The van der Waals surface area contributed by atoms with Crippen LogP contribution >= 0.6 is 0 Å². The second kappa shape index (κ2) is 8.40. The summed E-state index contributed by atoms with van der Waals surface area (Å²) >= 11 is 0. The van der Waals surface area contributed by atoms with Crippen LogP contribution in [0.4, 0.5) is 5.69 Å². The van der Waals surface area contributed by atoms with Crippen LogP contribution in [-0.4, -0.2) is 23.9 Å². The van der Waals surface area contributed by atoms with E-state index in [0.29, 0.717) is 30.9 Å². The maximum Gasteiger partial charge on any atom is 0.259 e. The van der Waals surface area contributed by atoms with Crippen LogP contribution in [0.25, 0.3) is 0 Å². The number of carbonyl (C=O) groups excluding carboxylic acids is 2. The Kier molecular flexibility index (Phi) is 6.11. The molecule has 1 aliphatic heterocycles. The summed E-state index contributed by atoms with van der Waals surface area (Å²) in [6, 6.07) is 13.7. The van der Waals surface area contributed by atoms with Gasteiger partial charge in [-0.2, -0.15) is 0 Å². The number of hydrogen-bond acceptors (Lipinski definition) is 2. The average Bonchev–Trinajstić information content (AvgIpc) is 2.80. The minimum atomic E-state index is -0.953. The molecule has 29 heavy (non-hydrogen) atoms. The van der Waals surface area contributed by atoms with Gasteiger partial charge in [-0.25, -0.2) is 0 Å². The predicted octanol–water partition coefficient (Wildman–Crippen LogP) is 4.82. The van der Waals surface area contributed by atoms with Crippen molar-refractivity contribution in [3.05, 3.63) is 64.7 Å². The average molecular weight is 393 g/mol. The maximum atomic E-state index is 13.7. The molecule has 0 fully saturated rings. The number of fused-ring (bicyclic) bond motifs is 1. The van der Waals surface area contributed by atoms with Crippen LogP contribution in [0, 0.1) is 19.8 Å². The predicted molar refractivity (Wildman–Crippen MR) is 118 cm³/mol. The highest BCUT2D eigenvalue weighted by Gasteiger charge is 2.45. The molecule has 1 atom stereocenters. The Labute approximate surface area is 174 Å². The van der Waals surface area contributed by atoms with Gasteiger partial charge in [-0.3, -0.25) is 14.5 Å². The number of nitrogens with one attached hydrogen (secondary N) is 1. The summed E-state index contributed by atoms with van der Waals surface area (Å²) in [5, 5.41) is 3.10. The van der Waals surface area contributed by atoms with Crippen LogP contribution < -0.4 is 10.2 Å². The number of rotatable bonds is 5. The molecular formula is C25H32N2O2. The lowest BCUT2D eigenvalue weighted by Crippen LogP contribution is -2.59. The molecule has 0 unspecified atom stereocenters. The van der Waals surface area contributed by atoms with Gasteiger partial charge in [0.15, 0.2) is 0 Å². The zero-order chi connectivity index (χ0) is 21.2. The fourth-order valence-electron chi connectivity index (χ4n) is 4.01. The first-order chi connectivity index (χ1) is 13.8. The van der Waals surface area contributed by atoms with Crippen molar-refractivity contribution in [3.8, 4) is 0 Å². The summed E-state index contributed by atoms with van der Waals surface area (Å²) in [4.78, 5) is 28.9. The van der Waals surface area contributed by atoms with Crippen molar-refractivity contribution in [1.29, 1.82) is 0 Å². The van der Waals surface area contributed by atoms with Crippen LogP contribution in [0.15, 0.2) is 42.5 Å². The van der Waals surface area contributed by atoms with Gasteiger partial charge in [-0.05, 0) is 74.8 Å². The molecule has 0 aliphatic carbocycles. The van der Waals surface area contributed by atoms with Gasteiger partial charge in [0, 0.05) is 17.8 Å². The van der Waals surface area contributed by atoms with Crippen molar-refractivity contribution < 1.29 is 9.59 Å². The summed E-state index contributed by atoms with van der Waals surface area (Å²) in [6.07, 6.45) is 2.19. The molecule has 4 nitrogen and oxygen atoms in total. The van der Waals surface area contributed by atoms with E-state index in [-0.39, 0.29) is 11.8 Å². The third kappa shape index (κ3) is 4.07. The number of hydrogen-bond donors (Lipinski definition) is 1. The van der Waals surface area contributed by atoms with Crippen molar-refractivity contribution >= 4 is 17.5 Å². The first kappa shape index (κ1) is 21.1. The van der Waals surface area contributed by atoms with Crippen LogP contribution in [-0.2, 0) is 11.2 Å². The number of aryl methyl sites for hydroxylation is 2. The molecule has 154 valence electrons. The van der Waals surface area contributed by atoms with E-state index >= 15 is 0 Å². The van der Waals surface area contributed by atoms with Gasteiger partial charge in [-0.1, -0.05) is 44.2 Å². The first-order valence-corrected chi connectivity index (χ1v) is 10.5. The molecule has 3 rings (SSSR count). The molecule has 0 saturated carbocycles. The molecular weight excluding hydrogens is 360 g/mol. The topological polar surface area (TPSA) is 49.4 Å². The monoisotopic (exact) mass is 392 g/mol. The highest BCUT2D eigenvalue weighted by atomic mass is 16.2. The van der Waals surface area contributed by atoms with Crippen molar-refractivity contribution in [1.82, 2.24) is 5.32 Å². The van der Waals surface area contributed by atoms with Crippen LogP contribution in [0.5, 0.6) is 0 Å². The zero-order valence-electron chi connectivity index (χ0n) is 18.2. The Morgan fingerprint density at radius 2 is 1.86 bits per heavy atom. The quantitative estimate of drug-likeness (QED) is 0.793. The summed E-state index contributed by atoms with van der Waals surface area (Å²) in [6.45, 7) is 10.9. The normalized spacial score (nSPS) is 19.1. The first-order valence-electron chi connectivity index (χ1n) is 10.5. The van der Waals surface area contributed by atoms with Crippen LogP contribution in [0.3, 0.4) is 0 Å². The molecule has 1 aliphatic rings. The number of amides is 2. The van der Waals surface area contributed by atoms with Crippen molar-refractivity contribution in [2.24, 2.45) is 5.92 Å². The number of anilines is 1. The molecule has 0 saturated heterocycles. The van der Waals surface area contributed by atoms with Crippen LogP contribution in [0.2, 0.25) is 0 Å². The van der Waals surface area contributed by atoms with E-state index in [1.54, 1.807) is 4.90 Å². The van der Waals surface area contributed by atoms with Gasteiger partial charge in [0.05, 0.1) is 0 Å². The number of carbonyl (C=O) groups is 2. The van der Waals surface area contributed by atoms with Gasteiger partial charge >= 0.3 is 0 Å². The standard InChI is InChI=1S/C25H32N2O2/c1-17(2)14-16-26-24(29)25(5)15-13-20-10-6-7-11-21(20)23(28)27(25)22-12-8-9-18(3)19(22)4/h6-12,17H,13-16H2,1-5H3,(H,26,29)/t25-/m0/s1. The molecule has 1 heterocycles. The van der Waals surface area contributed by atoms with Gasteiger partial charge in [0.1, 0.15) is 5.54 Å². The fraction of sp³-hybridized carbons (Fsp3) is 0.440. The van der Waals surface area contributed by atoms with Crippen molar-refractivity contribution in [2.75, 3.05) is 11.4 Å². The molecule has 0 bridgehead atoms. The minimum absolute atomic E-state index is 0.0831.